The molecule has 164 valence electrons. The molecule has 0 bridgehead atoms. The zero-order chi connectivity index (χ0) is 21.1. The number of guanidine groups is 1. The number of nitrogens with one attached hydrogen (secondary N) is 2. The molecule has 0 aliphatic carbocycles. The van der Waals surface area contributed by atoms with Gasteiger partial charge in [-0.1, -0.05) is 48.5 Å². The van der Waals surface area contributed by atoms with Gasteiger partial charge in [-0.15, -0.1) is 24.0 Å². The average Bonchev–Trinajstić information content (AvgIpc) is 2.71. The number of hydrogen-bond donors (Lipinski definition) is 2. The van der Waals surface area contributed by atoms with Gasteiger partial charge in [-0.05, 0) is 11.6 Å². The maximum Gasteiger partial charge on any atom is 0.387 e. The van der Waals surface area contributed by atoms with Gasteiger partial charge in [0.1, 0.15) is 5.75 Å². The molecule has 0 atom stereocenters. The SMILES string of the molecule is CN=C(NCCC(=O)N(C)Cc1ccccc1)NCc1ccccc1OC(F)F.I. The Bertz CT molecular complexity index is 807. The van der Waals surface area contributed by atoms with Crippen LogP contribution in [0.5, 0.6) is 5.75 Å². The molecule has 0 radical (unpaired) electrons. The number of benzene rings is 2. The van der Waals surface area contributed by atoms with Crippen molar-refractivity contribution < 1.29 is 18.3 Å². The summed E-state index contributed by atoms with van der Waals surface area (Å²) in [6.07, 6.45) is 0.301. The van der Waals surface area contributed by atoms with Gasteiger partial charge < -0.3 is 20.3 Å². The topological polar surface area (TPSA) is 66.0 Å². The minimum atomic E-state index is -2.88. The maximum atomic E-state index is 12.5. The van der Waals surface area contributed by atoms with Crippen molar-refractivity contribution in [2.45, 2.75) is 26.1 Å². The third-order valence-corrected chi connectivity index (χ3v) is 4.18. The first-order valence-corrected chi connectivity index (χ1v) is 9.24. The Hall–Kier alpha value is -2.43. The van der Waals surface area contributed by atoms with E-state index in [1.54, 1.807) is 37.2 Å². The molecule has 0 fully saturated rings. The van der Waals surface area contributed by atoms with Crippen LogP contribution in [-0.2, 0) is 17.9 Å². The lowest BCUT2D eigenvalue weighted by molar-refractivity contribution is -0.130. The molecule has 2 N–H and O–H groups in total. The summed E-state index contributed by atoms with van der Waals surface area (Å²) in [6.45, 7) is -1.68. The largest absolute Gasteiger partial charge is 0.434 e. The fraction of sp³-hybridized carbons (Fsp3) is 0.333. The van der Waals surface area contributed by atoms with Crippen LogP contribution in [0.25, 0.3) is 0 Å². The summed E-state index contributed by atoms with van der Waals surface area (Å²) in [4.78, 5) is 18.0. The summed E-state index contributed by atoms with van der Waals surface area (Å²) >= 11 is 0. The molecule has 30 heavy (non-hydrogen) atoms. The smallest absolute Gasteiger partial charge is 0.387 e. The van der Waals surface area contributed by atoms with Crippen LogP contribution in [0.1, 0.15) is 17.5 Å². The quantitative estimate of drug-likeness (QED) is 0.294. The van der Waals surface area contributed by atoms with E-state index in [9.17, 15) is 13.6 Å². The number of carbonyl (C=O) groups excluding carboxylic acids is 1. The van der Waals surface area contributed by atoms with Crippen molar-refractivity contribution in [3.8, 4) is 5.75 Å². The van der Waals surface area contributed by atoms with E-state index >= 15 is 0 Å². The number of halogens is 3. The standard InChI is InChI=1S/C21H26F2N4O2.HI/c1-24-21(26-14-17-10-6-7-11-18(17)29-20(22)23)25-13-12-19(28)27(2)15-16-8-4-3-5-9-16;/h3-11,20H,12-15H2,1-2H3,(H2,24,25,26);1H. The van der Waals surface area contributed by atoms with Gasteiger partial charge in [0, 0.05) is 45.7 Å². The highest BCUT2D eigenvalue weighted by atomic mass is 127. The molecule has 0 saturated heterocycles. The van der Waals surface area contributed by atoms with Gasteiger partial charge in [-0.25, -0.2) is 0 Å². The lowest BCUT2D eigenvalue weighted by Crippen LogP contribution is -2.39. The normalized spacial score (nSPS) is 10.9. The molecule has 0 aliphatic rings. The van der Waals surface area contributed by atoms with E-state index in [1.165, 1.54) is 6.07 Å². The molecule has 1 amide bonds. The molecule has 2 rings (SSSR count). The molecule has 0 unspecified atom stereocenters. The van der Waals surface area contributed by atoms with Gasteiger partial charge in [-0.2, -0.15) is 8.78 Å². The van der Waals surface area contributed by atoms with Crippen LogP contribution in [0, 0.1) is 0 Å². The summed E-state index contributed by atoms with van der Waals surface area (Å²) in [5.41, 5.74) is 1.65. The molecular formula is C21H27F2IN4O2. The number of alkyl halides is 2. The second-order valence-electron chi connectivity index (χ2n) is 6.32. The Balaban J connectivity index is 0.00000450. The Morgan fingerprint density at radius 3 is 2.43 bits per heavy atom. The second kappa shape index (κ2) is 13.7. The van der Waals surface area contributed by atoms with Gasteiger partial charge in [0.25, 0.3) is 0 Å². The van der Waals surface area contributed by atoms with Crippen molar-refractivity contribution in [3.05, 3.63) is 65.7 Å². The lowest BCUT2D eigenvalue weighted by atomic mass is 10.2. The lowest BCUT2D eigenvalue weighted by Gasteiger charge is -2.18. The van der Waals surface area contributed by atoms with Crippen LogP contribution in [-0.4, -0.2) is 44.0 Å². The van der Waals surface area contributed by atoms with Crippen LogP contribution in [0.2, 0.25) is 0 Å². The van der Waals surface area contributed by atoms with E-state index in [2.05, 4.69) is 20.4 Å². The highest BCUT2D eigenvalue weighted by molar-refractivity contribution is 14.0. The Morgan fingerprint density at radius 1 is 1.10 bits per heavy atom. The van der Waals surface area contributed by atoms with Crippen LogP contribution in [0.3, 0.4) is 0 Å². The van der Waals surface area contributed by atoms with Gasteiger partial charge in [0.2, 0.25) is 5.91 Å². The molecule has 2 aromatic rings. The highest BCUT2D eigenvalue weighted by Gasteiger charge is 2.11. The Kier molecular flexibility index (Phi) is 11.7. The third-order valence-electron chi connectivity index (χ3n) is 4.18. The van der Waals surface area contributed by atoms with Crippen LogP contribution in [0.15, 0.2) is 59.6 Å². The van der Waals surface area contributed by atoms with Gasteiger partial charge >= 0.3 is 6.61 Å². The van der Waals surface area contributed by atoms with Crippen molar-refractivity contribution in [1.82, 2.24) is 15.5 Å². The molecule has 0 aliphatic heterocycles. The average molecular weight is 532 g/mol. The molecule has 0 saturated carbocycles. The monoisotopic (exact) mass is 532 g/mol. The van der Waals surface area contributed by atoms with Crippen LogP contribution >= 0.6 is 24.0 Å². The number of para-hydroxylation sites is 1. The maximum absolute atomic E-state index is 12.5. The highest BCUT2D eigenvalue weighted by Crippen LogP contribution is 2.19. The summed E-state index contributed by atoms with van der Waals surface area (Å²) in [5, 5.41) is 6.08. The number of carbonyl (C=O) groups is 1. The zero-order valence-electron chi connectivity index (χ0n) is 17.0. The van der Waals surface area contributed by atoms with Crippen molar-refractivity contribution >= 4 is 35.8 Å². The first-order chi connectivity index (χ1) is 14.0. The second-order valence-corrected chi connectivity index (χ2v) is 6.32. The van der Waals surface area contributed by atoms with E-state index in [-0.39, 0.29) is 42.2 Å². The molecular weight excluding hydrogens is 505 g/mol. The van der Waals surface area contributed by atoms with Crippen LogP contribution < -0.4 is 15.4 Å². The first-order valence-electron chi connectivity index (χ1n) is 9.24. The van der Waals surface area contributed by atoms with E-state index in [1.807, 2.05) is 30.3 Å². The number of aliphatic imine (C=N–C) groups is 1. The number of amides is 1. The van der Waals surface area contributed by atoms with Gasteiger partial charge in [0.15, 0.2) is 5.96 Å². The molecule has 0 aromatic heterocycles. The Labute approximate surface area is 192 Å². The number of hydrogen-bond acceptors (Lipinski definition) is 3. The Morgan fingerprint density at radius 2 is 1.77 bits per heavy atom. The minimum Gasteiger partial charge on any atom is -0.434 e. The molecule has 0 spiro atoms. The molecule has 6 nitrogen and oxygen atoms in total. The van der Waals surface area contributed by atoms with E-state index < -0.39 is 6.61 Å². The van der Waals surface area contributed by atoms with Gasteiger partial charge in [0.05, 0.1) is 0 Å². The van der Waals surface area contributed by atoms with Crippen molar-refractivity contribution in [1.29, 1.82) is 0 Å². The predicted molar refractivity (Wildman–Crippen MR) is 124 cm³/mol. The fourth-order valence-corrected chi connectivity index (χ4v) is 2.68. The zero-order valence-corrected chi connectivity index (χ0v) is 19.3. The molecule has 2 aromatic carbocycles. The summed E-state index contributed by atoms with van der Waals surface area (Å²) < 4.78 is 29.5. The van der Waals surface area contributed by atoms with Crippen molar-refractivity contribution in [2.75, 3.05) is 20.6 Å². The van der Waals surface area contributed by atoms with Crippen LogP contribution in [0.4, 0.5) is 8.78 Å². The number of nitrogens with zero attached hydrogens (tertiary/aromatic N) is 2. The molecule has 9 heteroatoms. The number of rotatable bonds is 9. The van der Waals surface area contributed by atoms with Crippen molar-refractivity contribution in [2.24, 2.45) is 4.99 Å². The summed E-state index contributed by atoms with van der Waals surface area (Å²) in [5.74, 6) is 0.589. The molecule has 0 heterocycles. The van der Waals surface area contributed by atoms with E-state index in [4.69, 9.17) is 0 Å². The van der Waals surface area contributed by atoms with Gasteiger partial charge in [-0.3, -0.25) is 9.79 Å². The predicted octanol–water partition coefficient (Wildman–Crippen LogP) is 3.62. The van der Waals surface area contributed by atoms with E-state index in [0.717, 1.165) is 5.56 Å². The summed E-state index contributed by atoms with van der Waals surface area (Å²) in [7, 11) is 3.36. The third kappa shape index (κ3) is 8.93. The van der Waals surface area contributed by atoms with E-state index in [0.29, 0.717) is 31.0 Å². The summed E-state index contributed by atoms with van der Waals surface area (Å²) in [6, 6.07) is 16.3. The van der Waals surface area contributed by atoms with Crippen molar-refractivity contribution in [3.63, 3.8) is 0 Å². The fourth-order valence-electron chi connectivity index (χ4n) is 2.68. The number of ether oxygens (including phenoxy) is 1. The first kappa shape index (κ1) is 25.6. The minimum absolute atomic E-state index is 0.